The maximum absolute atomic E-state index is 11.6. The van der Waals surface area contributed by atoms with E-state index >= 15 is 0 Å². The second-order valence-electron chi connectivity index (χ2n) is 12.0. The summed E-state index contributed by atoms with van der Waals surface area (Å²) < 4.78 is 20.6. The van der Waals surface area contributed by atoms with E-state index in [-0.39, 0.29) is 23.0 Å². The summed E-state index contributed by atoms with van der Waals surface area (Å²) in [4.78, 5) is 22.8. The van der Waals surface area contributed by atoms with E-state index in [9.17, 15) is 14.7 Å². The van der Waals surface area contributed by atoms with Gasteiger partial charge in [0.25, 0.3) is 0 Å². The largest absolute Gasteiger partial charge is 0.478 e. The summed E-state index contributed by atoms with van der Waals surface area (Å²) in [5.41, 5.74) is -0.599. The number of carboxylic acids is 2. The highest BCUT2D eigenvalue weighted by Gasteiger charge is 2.58. The van der Waals surface area contributed by atoms with Crippen LogP contribution in [0, 0.1) is 5.41 Å². The van der Waals surface area contributed by atoms with E-state index in [1.807, 2.05) is 0 Å². The summed E-state index contributed by atoms with van der Waals surface area (Å²) in [5, 5.41) is 18.6. The van der Waals surface area contributed by atoms with Crippen molar-refractivity contribution in [1.82, 2.24) is 0 Å². The third kappa shape index (κ3) is 12.3. The van der Waals surface area contributed by atoms with Crippen LogP contribution in [0.4, 0.5) is 0 Å². The first-order valence-electron chi connectivity index (χ1n) is 10.7. The Morgan fingerprint density at radius 1 is 0.806 bits per heavy atom. The van der Waals surface area contributed by atoms with Crippen molar-refractivity contribution in [2.45, 2.75) is 98.1 Å². The van der Waals surface area contributed by atoms with Crippen molar-refractivity contribution in [3.63, 3.8) is 0 Å². The van der Waals surface area contributed by atoms with Crippen LogP contribution >= 0.6 is 0 Å². The van der Waals surface area contributed by atoms with Crippen LogP contribution in [-0.2, 0) is 21.9 Å². The van der Waals surface area contributed by atoms with Gasteiger partial charge in [-0.1, -0.05) is 20.8 Å². The zero-order chi connectivity index (χ0) is 25.1. The summed E-state index contributed by atoms with van der Waals surface area (Å²) in [6, 6.07) is 0. The zero-order valence-electron chi connectivity index (χ0n) is 21.5. The normalized spacial score (nSPS) is 15.7. The second-order valence-corrected chi connectivity index (χ2v) is 29.0. The second kappa shape index (κ2) is 10.6. The van der Waals surface area contributed by atoms with Crippen molar-refractivity contribution in [3.8, 4) is 0 Å². The monoisotopic (exact) mass is 508 g/mol. The minimum Gasteiger partial charge on any atom is -0.478 e. The average molecular weight is 509 g/mol. The van der Waals surface area contributed by atoms with Gasteiger partial charge in [0.05, 0.1) is 0 Å². The van der Waals surface area contributed by atoms with Crippen LogP contribution in [0.5, 0.6) is 0 Å². The molecule has 0 spiro atoms. The molecule has 1 atom stereocenters. The van der Waals surface area contributed by atoms with E-state index in [2.05, 4.69) is 79.7 Å². The number of rotatable bonds is 12. The molecule has 11 heteroatoms. The number of carbonyl (C=O) groups is 2. The molecule has 0 radical (unpaired) electrons. The highest BCUT2D eigenvalue weighted by atomic mass is 28.5. The standard InChI is InChI=1S/C20H44O7Si4/c1-20(2,3)17(14-13-16(19(23)24)15-18(21)22)31(25-28(4,5)6,26-29(7,8)9)27-30(10,11)12/h15,17H,13-14H2,1-12H3,(H,21,22)(H,23,24)/b16-15+. The van der Waals surface area contributed by atoms with Crippen molar-refractivity contribution in [2.75, 3.05) is 0 Å². The molecule has 0 aliphatic heterocycles. The summed E-state index contributed by atoms with van der Waals surface area (Å²) in [6.45, 7) is 25.3. The third-order valence-electron chi connectivity index (χ3n) is 4.09. The predicted octanol–water partition coefficient (Wildman–Crippen LogP) is 5.77. The molecular weight excluding hydrogens is 465 g/mol. The van der Waals surface area contributed by atoms with Crippen LogP contribution < -0.4 is 0 Å². The Kier molecular flexibility index (Phi) is 10.4. The molecule has 1 unspecified atom stereocenters. The lowest BCUT2D eigenvalue weighted by molar-refractivity contribution is -0.135. The molecule has 7 nitrogen and oxygen atoms in total. The van der Waals surface area contributed by atoms with Gasteiger partial charge in [-0.3, -0.25) is 0 Å². The number of aliphatic carboxylic acids is 2. The van der Waals surface area contributed by atoms with Gasteiger partial charge >= 0.3 is 20.7 Å². The van der Waals surface area contributed by atoms with Crippen LogP contribution in [0.2, 0.25) is 64.5 Å². The molecule has 0 aliphatic rings. The summed E-state index contributed by atoms with van der Waals surface area (Å²) in [7, 11) is -9.61. The molecule has 0 aromatic carbocycles. The van der Waals surface area contributed by atoms with Gasteiger partial charge in [0.2, 0.25) is 0 Å². The smallest absolute Gasteiger partial charge is 0.473 e. The topological polar surface area (TPSA) is 102 Å². The quantitative estimate of drug-likeness (QED) is 0.255. The molecule has 0 bridgehead atoms. The molecule has 0 amide bonds. The fourth-order valence-corrected chi connectivity index (χ4v) is 18.5. The predicted molar refractivity (Wildman–Crippen MR) is 135 cm³/mol. The Morgan fingerprint density at radius 3 is 1.39 bits per heavy atom. The number of hydrogen-bond donors (Lipinski definition) is 2. The Hall–Kier alpha value is -0.572. The van der Waals surface area contributed by atoms with E-state index < -0.39 is 45.7 Å². The van der Waals surface area contributed by atoms with E-state index in [0.717, 1.165) is 6.08 Å². The lowest BCUT2D eigenvalue weighted by Gasteiger charge is -2.50. The first kappa shape index (κ1) is 30.4. The Labute approximate surface area is 192 Å². The maximum atomic E-state index is 11.6. The van der Waals surface area contributed by atoms with E-state index in [1.54, 1.807) is 0 Å². The molecular formula is C20H44O7Si4. The SMILES string of the molecule is CC(C)(C)C(CC/C(=C\C(=O)O)C(=O)O)[Si](O[Si](C)(C)C)(O[Si](C)(C)C)O[Si](C)(C)C. The fraction of sp³-hybridized carbons (Fsp3) is 0.800. The van der Waals surface area contributed by atoms with Crippen LogP contribution in [0.25, 0.3) is 0 Å². The zero-order valence-corrected chi connectivity index (χ0v) is 25.5. The highest BCUT2D eigenvalue weighted by molar-refractivity contribution is 6.90. The van der Waals surface area contributed by atoms with Crippen molar-refractivity contribution in [1.29, 1.82) is 0 Å². The van der Waals surface area contributed by atoms with Gasteiger partial charge in [-0.05, 0) is 77.2 Å². The highest BCUT2D eigenvalue weighted by Crippen LogP contribution is 2.48. The average Bonchev–Trinajstić information content (AvgIpc) is 2.37. The Morgan fingerprint density at radius 2 is 1.16 bits per heavy atom. The molecule has 0 saturated carbocycles. The van der Waals surface area contributed by atoms with Crippen LogP contribution in [-0.4, -0.2) is 55.9 Å². The van der Waals surface area contributed by atoms with Crippen LogP contribution in [0.1, 0.15) is 33.6 Å². The van der Waals surface area contributed by atoms with Crippen molar-refractivity contribution >= 4 is 45.7 Å². The maximum Gasteiger partial charge on any atom is 0.473 e. The van der Waals surface area contributed by atoms with Gasteiger partial charge in [0.1, 0.15) is 0 Å². The number of carboxylic acid groups (broad SMARTS) is 2. The third-order valence-corrected chi connectivity index (χ3v) is 16.9. The van der Waals surface area contributed by atoms with Crippen LogP contribution in [0.3, 0.4) is 0 Å². The van der Waals surface area contributed by atoms with Crippen molar-refractivity contribution in [3.05, 3.63) is 11.6 Å². The fourth-order valence-electron chi connectivity index (χ4n) is 3.39. The van der Waals surface area contributed by atoms with E-state index in [0.29, 0.717) is 6.42 Å². The minimum atomic E-state index is -3.29. The minimum absolute atomic E-state index is 0.109. The molecule has 0 saturated heterocycles. The number of hydrogen-bond acceptors (Lipinski definition) is 5. The van der Waals surface area contributed by atoms with Gasteiger partial charge < -0.3 is 22.6 Å². The molecule has 2 N–H and O–H groups in total. The van der Waals surface area contributed by atoms with E-state index in [4.69, 9.17) is 17.5 Å². The summed E-state index contributed by atoms with van der Waals surface area (Å²) >= 11 is 0. The lowest BCUT2D eigenvalue weighted by atomic mass is 9.88. The van der Waals surface area contributed by atoms with Crippen LogP contribution in [0.15, 0.2) is 11.6 Å². The molecule has 31 heavy (non-hydrogen) atoms. The van der Waals surface area contributed by atoms with Gasteiger partial charge in [-0.25, -0.2) is 9.59 Å². The molecule has 182 valence electrons. The molecule has 0 aliphatic carbocycles. The first-order chi connectivity index (χ1) is 13.5. The molecule has 0 heterocycles. The summed E-state index contributed by atoms with van der Waals surface area (Å²) in [6.07, 6.45) is 1.31. The molecule has 0 rings (SSSR count). The molecule has 0 aromatic rings. The van der Waals surface area contributed by atoms with Gasteiger partial charge in [-0.15, -0.1) is 0 Å². The van der Waals surface area contributed by atoms with Gasteiger partial charge in [0, 0.05) is 17.2 Å². The van der Waals surface area contributed by atoms with E-state index in [1.165, 1.54) is 0 Å². The summed E-state index contributed by atoms with van der Waals surface area (Å²) in [5.74, 6) is -2.48. The first-order valence-corrected chi connectivity index (χ1v) is 22.8. The Balaban J connectivity index is 6.64. The van der Waals surface area contributed by atoms with Crippen molar-refractivity contribution < 1.29 is 32.1 Å². The van der Waals surface area contributed by atoms with Crippen molar-refractivity contribution in [2.24, 2.45) is 5.41 Å². The molecule has 0 aromatic heterocycles. The van der Waals surface area contributed by atoms with Gasteiger partial charge in [-0.2, -0.15) is 0 Å². The Bertz CT molecular complexity index is 624. The molecule has 0 fully saturated rings. The van der Waals surface area contributed by atoms with Gasteiger partial charge in [0.15, 0.2) is 25.0 Å². The lowest BCUT2D eigenvalue weighted by Crippen LogP contribution is -2.64.